The summed E-state index contributed by atoms with van der Waals surface area (Å²) in [5.74, 6) is 0.734. The highest BCUT2D eigenvalue weighted by atomic mass is 16.5. The fraction of sp³-hybridized carbons (Fsp3) is 0.421. The Morgan fingerprint density at radius 1 is 1.24 bits per heavy atom. The second-order valence-electron chi connectivity index (χ2n) is 6.55. The second kappa shape index (κ2) is 7.61. The van der Waals surface area contributed by atoms with Crippen LogP contribution in [-0.4, -0.2) is 41.2 Å². The maximum atomic E-state index is 12.4. The van der Waals surface area contributed by atoms with Crippen molar-refractivity contribution in [3.63, 3.8) is 0 Å². The van der Waals surface area contributed by atoms with Crippen molar-refractivity contribution in [3.05, 3.63) is 54.0 Å². The van der Waals surface area contributed by atoms with Gasteiger partial charge in [-0.1, -0.05) is 6.07 Å². The number of ether oxygens (including phenoxy) is 1. The molecule has 1 N–H and O–H groups in total. The normalized spacial score (nSPS) is 21.6. The Hall–Kier alpha value is -2.47. The van der Waals surface area contributed by atoms with E-state index in [-0.39, 0.29) is 24.2 Å². The van der Waals surface area contributed by atoms with E-state index in [9.17, 15) is 4.79 Å². The summed E-state index contributed by atoms with van der Waals surface area (Å²) in [6.07, 6.45) is 5.45. The predicted molar refractivity (Wildman–Crippen MR) is 96.6 cm³/mol. The first-order chi connectivity index (χ1) is 12.0. The van der Waals surface area contributed by atoms with Crippen molar-refractivity contribution < 1.29 is 9.53 Å². The zero-order valence-corrected chi connectivity index (χ0v) is 14.8. The Bertz CT molecular complexity index is 695. The zero-order valence-electron chi connectivity index (χ0n) is 14.8. The molecule has 3 rings (SSSR count). The average molecular weight is 340 g/mol. The predicted octanol–water partition coefficient (Wildman–Crippen LogP) is 2.58. The molecule has 25 heavy (non-hydrogen) atoms. The maximum absolute atomic E-state index is 12.4. The summed E-state index contributed by atoms with van der Waals surface area (Å²) >= 11 is 0. The van der Waals surface area contributed by atoms with Gasteiger partial charge in [0.05, 0.1) is 23.8 Å². The lowest BCUT2D eigenvalue weighted by Crippen LogP contribution is -2.45. The number of hydrogen-bond acceptors (Lipinski definition) is 5. The van der Waals surface area contributed by atoms with Crippen LogP contribution in [0.1, 0.15) is 42.7 Å². The van der Waals surface area contributed by atoms with Crippen LogP contribution in [0.2, 0.25) is 0 Å². The van der Waals surface area contributed by atoms with Crippen molar-refractivity contribution in [2.24, 2.45) is 0 Å². The Morgan fingerprint density at radius 3 is 2.60 bits per heavy atom. The van der Waals surface area contributed by atoms with E-state index < -0.39 is 0 Å². The van der Waals surface area contributed by atoms with Crippen LogP contribution < -0.4 is 10.2 Å². The molecule has 2 aromatic rings. The summed E-state index contributed by atoms with van der Waals surface area (Å²) in [6, 6.07) is 7.41. The molecule has 0 aromatic carbocycles. The van der Waals surface area contributed by atoms with E-state index in [4.69, 9.17) is 4.74 Å². The molecule has 0 aliphatic carbocycles. The summed E-state index contributed by atoms with van der Waals surface area (Å²) in [7, 11) is 0. The van der Waals surface area contributed by atoms with Gasteiger partial charge in [0.15, 0.2) is 0 Å². The molecule has 2 aromatic heterocycles. The molecule has 0 spiro atoms. The molecule has 1 aliphatic rings. The van der Waals surface area contributed by atoms with Crippen molar-refractivity contribution >= 4 is 11.7 Å². The fourth-order valence-electron chi connectivity index (χ4n) is 3.07. The molecule has 3 atom stereocenters. The van der Waals surface area contributed by atoms with Gasteiger partial charge in [-0.05, 0) is 44.5 Å². The van der Waals surface area contributed by atoms with Crippen molar-refractivity contribution in [1.29, 1.82) is 0 Å². The van der Waals surface area contributed by atoms with Gasteiger partial charge in [0, 0.05) is 31.7 Å². The van der Waals surface area contributed by atoms with Gasteiger partial charge in [-0.15, -0.1) is 0 Å². The molecule has 3 heterocycles. The van der Waals surface area contributed by atoms with Crippen molar-refractivity contribution in [2.75, 3.05) is 18.0 Å². The minimum atomic E-state index is -0.140. The van der Waals surface area contributed by atoms with Crippen LogP contribution in [-0.2, 0) is 4.74 Å². The Labute approximate surface area is 148 Å². The lowest BCUT2D eigenvalue weighted by Gasteiger charge is -2.36. The van der Waals surface area contributed by atoms with E-state index in [1.54, 1.807) is 18.6 Å². The third-order valence-electron chi connectivity index (χ3n) is 4.29. The molecule has 0 bridgehead atoms. The highest BCUT2D eigenvalue weighted by Gasteiger charge is 2.23. The number of nitrogens with one attached hydrogen (secondary N) is 1. The maximum Gasteiger partial charge on any atom is 0.253 e. The van der Waals surface area contributed by atoms with Crippen LogP contribution >= 0.6 is 0 Å². The number of amides is 1. The van der Waals surface area contributed by atoms with E-state index in [2.05, 4.69) is 34.0 Å². The summed E-state index contributed by atoms with van der Waals surface area (Å²) in [6.45, 7) is 7.67. The van der Waals surface area contributed by atoms with Crippen LogP contribution in [0.15, 0.2) is 42.9 Å². The van der Waals surface area contributed by atoms with Gasteiger partial charge in [0.25, 0.3) is 5.91 Å². The molecule has 1 aliphatic heterocycles. The molecule has 132 valence electrons. The molecule has 1 saturated heterocycles. The number of aromatic nitrogens is 2. The molecule has 6 nitrogen and oxygen atoms in total. The number of carbonyl (C=O) groups excluding carboxylic acids is 1. The fourth-order valence-corrected chi connectivity index (χ4v) is 3.07. The first-order valence-electron chi connectivity index (χ1n) is 8.60. The van der Waals surface area contributed by atoms with Gasteiger partial charge < -0.3 is 15.0 Å². The van der Waals surface area contributed by atoms with Gasteiger partial charge in [-0.25, -0.2) is 4.98 Å². The number of pyridine rings is 2. The van der Waals surface area contributed by atoms with E-state index in [0.717, 1.165) is 24.5 Å². The van der Waals surface area contributed by atoms with Gasteiger partial charge in [-0.3, -0.25) is 9.78 Å². The molecule has 0 unspecified atom stereocenters. The van der Waals surface area contributed by atoms with Gasteiger partial charge >= 0.3 is 0 Å². The SMILES string of the molecule is C[C@@H]1CN(c2ccc(C(=O)N[C@H](C)c3cccnc3)cn2)C[C@H](C)O1. The molecule has 6 heteroatoms. The smallest absolute Gasteiger partial charge is 0.253 e. The first kappa shape index (κ1) is 17.4. The van der Waals surface area contributed by atoms with E-state index in [0.29, 0.717) is 5.56 Å². The quantitative estimate of drug-likeness (QED) is 0.926. The summed E-state index contributed by atoms with van der Waals surface area (Å²) < 4.78 is 5.75. The van der Waals surface area contributed by atoms with E-state index >= 15 is 0 Å². The summed E-state index contributed by atoms with van der Waals surface area (Å²) in [4.78, 5) is 23.2. The lowest BCUT2D eigenvalue weighted by molar-refractivity contribution is -0.00546. The second-order valence-corrected chi connectivity index (χ2v) is 6.55. The van der Waals surface area contributed by atoms with Crippen LogP contribution in [0.25, 0.3) is 0 Å². The Kier molecular flexibility index (Phi) is 5.28. The topological polar surface area (TPSA) is 67.4 Å². The highest BCUT2D eigenvalue weighted by Crippen LogP contribution is 2.19. The zero-order chi connectivity index (χ0) is 17.8. The minimum absolute atomic E-state index is 0.109. The van der Waals surface area contributed by atoms with Crippen molar-refractivity contribution in [1.82, 2.24) is 15.3 Å². The van der Waals surface area contributed by atoms with Gasteiger partial charge in [0.1, 0.15) is 5.82 Å². The Morgan fingerprint density at radius 2 is 2.00 bits per heavy atom. The van der Waals surface area contributed by atoms with Crippen LogP contribution in [0.4, 0.5) is 5.82 Å². The minimum Gasteiger partial charge on any atom is -0.372 e. The standard InChI is InChI=1S/C19H24N4O2/c1-13-11-23(12-14(2)25-13)18-7-6-17(10-21-18)19(24)22-15(3)16-5-4-8-20-9-16/h4-10,13-15H,11-12H2,1-3H3,(H,22,24)/t13-,14+,15-/m1/s1. The number of morpholine rings is 1. The molecule has 1 fully saturated rings. The summed E-state index contributed by atoms with van der Waals surface area (Å²) in [5, 5.41) is 2.97. The molecule has 0 saturated carbocycles. The van der Waals surface area contributed by atoms with Crippen LogP contribution in [0.5, 0.6) is 0 Å². The van der Waals surface area contributed by atoms with E-state index in [1.165, 1.54) is 0 Å². The molecular weight excluding hydrogens is 316 g/mol. The van der Waals surface area contributed by atoms with Crippen molar-refractivity contribution in [3.8, 4) is 0 Å². The number of carbonyl (C=O) groups is 1. The number of rotatable bonds is 4. The van der Waals surface area contributed by atoms with Crippen LogP contribution in [0, 0.1) is 0 Å². The third kappa shape index (κ3) is 4.33. The summed E-state index contributed by atoms with van der Waals surface area (Å²) in [5.41, 5.74) is 1.52. The number of anilines is 1. The molecule has 1 amide bonds. The van der Waals surface area contributed by atoms with Crippen molar-refractivity contribution in [2.45, 2.75) is 39.0 Å². The molecule has 0 radical (unpaired) electrons. The third-order valence-corrected chi connectivity index (χ3v) is 4.29. The average Bonchev–Trinajstić information content (AvgIpc) is 2.61. The lowest BCUT2D eigenvalue weighted by atomic mass is 10.1. The van der Waals surface area contributed by atoms with Crippen LogP contribution in [0.3, 0.4) is 0 Å². The van der Waals surface area contributed by atoms with Gasteiger partial charge in [0.2, 0.25) is 0 Å². The van der Waals surface area contributed by atoms with Gasteiger partial charge in [-0.2, -0.15) is 0 Å². The monoisotopic (exact) mass is 340 g/mol. The Balaban J connectivity index is 1.64. The highest BCUT2D eigenvalue weighted by molar-refractivity contribution is 5.94. The first-order valence-corrected chi connectivity index (χ1v) is 8.60. The van der Waals surface area contributed by atoms with E-state index in [1.807, 2.05) is 31.2 Å². The molecular formula is C19H24N4O2. The largest absolute Gasteiger partial charge is 0.372 e. The number of hydrogen-bond donors (Lipinski definition) is 1. The number of nitrogens with zero attached hydrogens (tertiary/aromatic N) is 3.